The fourth-order valence-corrected chi connectivity index (χ4v) is 2.68. The SMILES string of the molecule is Nc1nc(C#CC2CC2)nc2c1ncn2[C@@H]1O[C@H](CO)[C@@H](O)[C@H]1O. The van der Waals surface area contributed by atoms with Crippen LogP contribution < -0.4 is 5.73 Å². The second-order valence-corrected chi connectivity index (χ2v) is 6.03. The third kappa shape index (κ3) is 2.50. The van der Waals surface area contributed by atoms with E-state index in [-0.39, 0.29) is 11.6 Å². The standard InChI is InChI=1S/C15H17N5O4/c16-13-10-14(19-9(18-13)4-3-7-1-2-7)20(6-17-10)15-12(23)11(22)8(5-21)24-15/h6-8,11-12,15,21-23H,1-2,5H2,(H2,16,18,19)/t8-,11-,12-,15-/m1/s1. The van der Waals surface area contributed by atoms with Crippen LogP contribution in [0.5, 0.6) is 0 Å². The predicted molar refractivity (Wildman–Crippen MR) is 82.3 cm³/mol. The van der Waals surface area contributed by atoms with Crippen LogP contribution in [0.1, 0.15) is 24.9 Å². The zero-order chi connectivity index (χ0) is 16.8. The number of fused-ring (bicyclic) bond motifs is 1. The highest BCUT2D eigenvalue weighted by atomic mass is 16.6. The van der Waals surface area contributed by atoms with Crippen molar-refractivity contribution in [2.75, 3.05) is 12.3 Å². The molecule has 2 aromatic heterocycles. The molecule has 0 amide bonds. The summed E-state index contributed by atoms with van der Waals surface area (Å²) in [5.74, 6) is 6.83. The summed E-state index contributed by atoms with van der Waals surface area (Å²) in [6, 6.07) is 0. The van der Waals surface area contributed by atoms with E-state index in [0.29, 0.717) is 17.1 Å². The van der Waals surface area contributed by atoms with Crippen LogP contribution in [0.4, 0.5) is 5.82 Å². The average Bonchev–Trinajstić information content (AvgIpc) is 3.24. The molecule has 3 heterocycles. The highest BCUT2D eigenvalue weighted by molar-refractivity contribution is 5.82. The number of imidazole rings is 1. The van der Waals surface area contributed by atoms with Gasteiger partial charge in [-0.2, -0.15) is 0 Å². The number of nitrogen functional groups attached to an aromatic ring is 1. The Morgan fingerprint density at radius 2 is 2.08 bits per heavy atom. The van der Waals surface area contributed by atoms with Crippen molar-refractivity contribution in [2.45, 2.75) is 37.4 Å². The van der Waals surface area contributed by atoms with Gasteiger partial charge in [-0.05, 0) is 18.8 Å². The second-order valence-electron chi connectivity index (χ2n) is 6.03. The minimum atomic E-state index is -1.23. The summed E-state index contributed by atoms with van der Waals surface area (Å²) in [7, 11) is 0. The third-order valence-electron chi connectivity index (χ3n) is 4.21. The molecule has 9 heteroatoms. The topological polar surface area (TPSA) is 140 Å². The molecule has 0 bridgehead atoms. The summed E-state index contributed by atoms with van der Waals surface area (Å²) >= 11 is 0. The van der Waals surface area contributed by atoms with E-state index in [0.717, 1.165) is 12.8 Å². The van der Waals surface area contributed by atoms with Crippen molar-refractivity contribution in [2.24, 2.45) is 5.92 Å². The number of hydrogen-bond acceptors (Lipinski definition) is 8. The molecule has 0 radical (unpaired) electrons. The first-order valence-corrected chi connectivity index (χ1v) is 7.72. The Morgan fingerprint density at radius 3 is 2.75 bits per heavy atom. The number of nitrogens with two attached hydrogens (primary N) is 1. The maximum Gasteiger partial charge on any atom is 0.208 e. The summed E-state index contributed by atoms with van der Waals surface area (Å²) in [4.78, 5) is 12.6. The van der Waals surface area contributed by atoms with Crippen LogP contribution in [0.25, 0.3) is 11.2 Å². The largest absolute Gasteiger partial charge is 0.394 e. The van der Waals surface area contributed by atoms with Crippen LogP contribution in [0.15, 0.2) is 6.33 Å². The van der Waals surface area contributed by atoms with Crippen LogP contribution in [-0.4, -0.2) is 59.8 Å². The van der Waals surface area contributed by atoms with Crippen molar-refractivity contribution < 1.29 is 20.1 Å². The number of aliphatic hydroxyl groups excluding tert-OH is 3. The Bertz CT molecular complexity index is 837. The Hall–Kier alpha value is -2.25. The van der Waals surface area contributed by atoms with Crippen LogP contribution in [0, 0.1) is 17.8 Å². The van der Waals surface area contributed by atoms with Crippen molar-refractivity contribution >= 4 is 17.0 Å². The highest BCUT2D eigenvalue weighted by Crippen LogP contribution is 2.32. The lowest BCUT2D eigenvalue weighted by Crippen LogP contribution is -2.33. The quantitative estimate of drug-likeness (QED) is 0.502. The molecule has 2 aromatic rings. The fraction of sp³-hybridized carbons (Fsp3) is 0.533. The molecule has 24 heavy (non-hydrogen) atoms. The summed E-state index contributed by atoms with van der Waals surface area (Å²) in [5, 5.41) is 29.3. The molecular weight excluding hydrogens is 314 g/mol. The Labute approximate surface area is 137 Å². The first-order valence-electron chi connectivity index (χ1n) is 7.72. The zero-order valence-corrected chi connectivity index (χ0v) is 12.7. The van der Waals surface area contributed by atoms with Gasteiger partial charge in [0.2, 0.25) is 5.82 Å². The molecule has 0 spiro atoms. The molecule has 2 fully saturated rings. The normalized spacial score (nSPS) is 29.6. The van der Waals surface area contributed by atoms with Gasteiger partial charge >= 0.3 is 0 Å². The molecule has 9 nitrogen and oxygen atoms in total. The molecule has 4 rings (SSSR count). The maximum absolute atomic E-state index is 10.2. The molecule has 1 saturated carbocycles. The van der Waals surface area contributed by atoms with Gasteiger partial charge in [0.05, 0.1) is 12.9 Å². The van der Waals surface area contributed by atoms with E-state index in [4.69, 9.17) is 10.5 Å². The van der Waals surface area contributed by atoms with Crippen LogP contribution in [0.2, 0.25) is 0 Å². The lowest BCUT2D eigenvalue weighted by Gasteiger charge is -2.16. The first-order chi connectivity index (χ1) is 11.6. The van der Waals surface area contributed by atoms with Gasteiger partial charge in [-0.3, -0.25) is 4.57 Å². The van der Waals surface area contributed by atoms with Crippen molar-refractivity contribution in [3.63, 3.8) is 0 Å². The molecule has 126 valence electrons. The number of nitrogens with zero attached hydrogens (tertiary/aromatic N) is 4. The van der Waals surface area contributed by atoms with Crippen LogP contribution >= 0.6 is 0 Å². The zero-order valence-electron chi connectivity index (χ0n) is 12.7. The second kappa shape index (κ2) is 5.68. The van der Waals surface area contributed by atoms with E-state index in [1.54, 1.807) is 0 Å². The number of aromatic nitrogens is 4. The summed E-state index contributed by atoms with van der Waals surface area (Å²) in [5.41, 5.74) is 6.64. The van der Waals surface area contributed by atoms with Gasteiger partial charge in [0.15, 0.2) is 17.7 Å². The van der Waals surface area contributed by atoms with Crippen molar-refractivity contribution in [1.29, 1.82) is 0 Å². The van der Waals surface area contributed by atoms with Gasteiger partial charge in [-0.15, -0.1) is 0 Å². The van der Waals surface area contributed by atoms with Gasteiger partial charge in [-0.25, -0.2) is 15.0 Å². The minimum absolute atomic E-state index is 0.186. The van der Waals surface area contributed by atoms with Crippen LogP contribution in [-0.2, 0) is 4.74 Å². The molecule has 1 saturated heterocycles. The molecule has 2 aliphatic rings. The number of aliphatic hydroxyl groups is 3. The third-order valence-corrected chi connectivity index (χ3v) is 4.21. The van der Waals surface area contributed by atoms with E-state index in [1.807, 2.05) is 0 Å². The Kier molecular flexibility index (Phi) is 3.62. The fourth-order valence-electron chi connectivity index (χ4n) is 2.68. The van der Waals surface area contributed by atoms with Gasteiger partial charge in [0.25, 0.3) is 0 Å². The first kappa shape index (κ1) is 15.3. The molecule has 5 N–H and O–H groups in total. The van der Waals surface area contributed by atoms with E-state index in [9.17, 15) is 15.3 Å². The minimum Gasteiger partial charge on any atom is -0.394 e. The smallest absolute Gasteiger partial charge is 0.208 e. The number of anilines is 1. The van der Waals surface area contributed by atoms with Gasteiger partial charge < -0.3 is 25.8 Å². The van der Waals surface area contributed by atoms with E-state index >= 15 is 0 Å². The number of hydrogen-bond donors (Lipinski definition) is 4. The molecular formula is C15H17N5O4. The number of rotatable bonds is 2. The van der Waals surface area contributed by atoms with Crippen molar-refractivity contribution in [1.82, 2.24) is 19.5 Å². The Morgan fingerprint density at radius 1 is 1.29 bits per heavy atom. The molecule has 1 aliphatic carbocycles. The summed E-state index contributed by atoms with van der Waals surface area (Å²) < 4.78 is 6.98. The van der Waals surface area contributed by atoms with Crippen molar-refractivity contribution in [3.8, 4) is 11.8 Å². The lowest BCUT2D eigenvalue weighted by molar-refractivity contribution is -0.0511. The van der Waals surface area contributed by atoms with Gasteiger partial charge in [0, 0.05) is 5.92 Å². The van der Waals surface area contributed by atoms with Crippen molar-refractivity contribution in [3.05, 3.63) is 12.2 Å². The van der Waals surface area contributed by atoms with E-state index < -0.39 is 31.1 Å². The summed E-state index contributed by atoms with van der Waals surface area (Å²) in [6.45, 7) is -0.406. The number of ether oxygens (including phenoxy) is 1. The molecule has 1 aliphatic heterocycles. The predicted octanol–water partition coefficient (Wildman–Crippen LogP) is -1.22. The monoisotopic (exact) mass is 331 g/mol. The lowest BCUT2D eigenvalue weighted by atomic mass is 10.1. The Balaban J connectivity index is 1.75. The van der Waals surface area contributed by atoms with Gasteiger partial charge in [-0.1, -0.05) is 5.92 Å². The van der Waals surface area contributed by atoms with Gasteiger partial charge in [0.1, 0.15) is 23.8 Å². The summed E-state index contributed by atoms with van der Waals surface area (Å²) in [6.07, 6.45) is -0.649. The average molecular weight is 331 g/mol. The maximum atomic E-state index is 10.2. The molecule has 0 aromatic carbocycles. The van der Waals surface area contributed by atoms with E-state index in [1.165, 1.54) is 10.9 Å². The highest BCUT2D eigenvalue weighted by Gasteiger charge is 2.44. The van der Waals surface area contributed by atoms with Crippen LogP contribution in [0.3, 0.4) is 0 Å². The molecule has 4 atom stereocenters. The molecule has 0 unspecified atom stereocenters. The van der Waals surface area contributed by atoms with E-state index in [2.05, 4.69) is 26.8 Å².